The molecule has 1 aliphatic heterocycles. The molecule has 0 aromatic carbocycles. The van der Waals surface area contributed by atoms with E-state index in [1.807, 2.05) is 11.8 Å². The van der Waals surface area contributed by atoms with E-state index in [1.54, 1.807) is 0 Å². The van der Waals surface area contributed by atoms with Gasteiger partial charge < -0.3 is 11.1 Å². The van der Waals surface area contributed by atoms with Gasteiger partial charge in [0.05, 0.1) is 0 Å². The predicted molar refractivity (Wildman–Crippen MR) is 68.4 cm³/mol. The molecule has 0 unspecified atom stereocenters. The summed E-state index contributed by atoms with van der Waals surface area (Å²) in [5.74, 6) is 3.25. The van der Waals surface area contributed by atoms with Gasteiger partial charge >= 0.3 is 0 Å². The lowest BCUT2D eigenvalue weighted by atomic mass is 9.78. The number of hydrogen-bond donors (Lipinski definition) is 2. The Hall–Kier alpha value is -0.220. The summed E-state index contributed by atoms with van der Waals surface area (Å²) in [4.78, 5) is 11.7. The molecule has 16 heavy (non-hydrogen) atoms. The molecule has 1 aliphatic carbocycles. The van der Waals surface area contributed by atoms with E-state index in [0.717, 1.165) is 12.8 Å². The summed E-state index contributed by atoms with van der Waals surface area (Å²) in [5.41, 5.74) is 5.98. The lowest BCUT2D eigenvalue weighted by Crippen LogP contribution is -2.55. The third kappa shape index (κ3) is 3.39. The van der Waals surface area contributed by atoms with Crippen molar-refractivity contribution in [3.8, 4) is 0 Å². The van der Waals surface area contributed by atoms with Crippen LogP contribution in [-0.4, -0.2) is 29.5 Å². The minimum absolute atomic E-state index is 0.0852. The number of rotatable bonds is 4. The molecule has 1 saturated heterocycles. The fraction of sp³-hybridized carbons (Fsp3) is 0.917. The first kappa shape index (κ1) is 12.2. The van der Waals surface area contributed by atoms with E-state index in [4.69, 9.17) is 5.73 Å². The molecule has 0 spiro atoms. The molecule has 0 radical (unpaired) electrons. The number of nitrogens with one attached hydrogen (secondary N) is 1. The molecule has 2 aliphatic rings. The van der Waals surface area contributed by atoms with Crippen LogP contribution < -0.4 is 11.1 Å². The van der Waals surface area contributed by atoms with Crippen LogP contribution in [0.15, 0.2) is 0 Å². The molecule has 2 rings (SSSR count). The maximum absolute atomic E-state index is 11.7. The van der Waals surface area contributed by atoms with Crippen molar-refractivity contribution in [1.29, 1.82) is 0 Å². The first-order valence-electron chi connectivity index (χ1n) is 6.31. The molecule has 4 heteroatoms. The smallest absolute Gasteiger partial charge is 0.220 e. The lowest BCUT2D eigenvalue weighted by Gasteiger charge is -2.38. The van der Waals surface area contributed by atoms with Gasteiger partial charge in [0.1, 0.15) is 0 Å². The van der Waals surface area contributed by atoms with E-state index in [0.29, 0.717) is 18.9 Å². The Balaban J connectivity index is 1.63. The minimum atomic E-state index is -0.0852. The standard InChI is InChI=1S/C12H22N2OS/c13-12(4-1-5-12)9-14-11(15)8-10-2-6-16-7-3-10/h10H,1-9,13H2,(H,14,15). The van der Waals surface area contributed by atoms with E-state index < -0.39 is 0 Å². The zero-order valence-corrected chi connectivity index (χ0v) is 10.7. The molecule has 1 amide bonds. The van der Waals surface area contributed by atoms with Crippen LogP contribution in [0, 0.1) is 5.92 Å². The molecular formula is C12H22N2OS. The van der Waals surface area contributed by atoms with Crippen molar-refractivity contribution < 1.29 is 4.79 Å². The molecule has 0 aromatic heterocycles. The second-order valence-electron chi connectivity index (χ2n) is 5.25. The highest BCUT2D eigenvalue weighted by Crippen LogP contribution is 2.28. The summed E-state index contributed by atoms with van der Waals surface area (Å²) in [6.45, 7) is 0.674. The van der Waals surface area contributed by atoms with E-state index >= 15 is 0 Å². The van der Waals surface area contributed by atoms with Crippen molar-refractivity contribution in [2.75, 3.05) is 18.1 Å². The van der Waals surface area contributed by atoms with Gasteiger partial charge in [-0.15, -0.1) is 0 Å². The van der Waals surface area contributed by atoms with Gasteiger partial charge in [-0.3, -0.25) is 4.79 Å². The van der Waals surface area contributed by atoms with Crippen molar-refractivity contribution in [3.63, 3.8) is 0 Å². The van der Waals surface area contributed by atoms with Gasteiger partial charge in [0.2, 0.25) is 5.91 Å². The van der Waals surface area contributed by atoms with Gasteiger partial charge in [-0.2, -0.15) is 11.8 Å². The number of thioether (sulfide) groups is 1. The summed E-state index contributed by atoms with van der Waals surface area (Å²) in [5, 5.41) is 3.00. The van der Waals surface area contributed by atoms with Gasteiger partial charge in [0, 0.05) is 18.5 Å². The maximum Gasteiger partial charge on any atom is 0.220 e. The Labute approximate surface area is 102 Å². The molecule has 1 saturated carbocycles. The molecular weight excluding hydrogens is 220 g/mol. The third-order valence-electron chi connectivity index (χ3n) is 3.80. The van der Waals surface area contributed by atoms with Crippen molar-refractivity contribution in [2.24, 2.45) is 11.7 Å². The van der Waals surface area contributed by atoms with Crippen LogP contribution in [-0.2, 0) is 4.79 Å². The summed E-state index contributed by atoms with van der Waals surface area (Å²) < 4.78 is 0. The summed E-state index contributed by atoms with van der Waals surface area (Å²) >= 11 is 2.00. The summed E-state index contributed by atoms with van der Waals surface area (Å²) in [6, 6.07) is 0. The normalized spacial score (nSPS) is 24.8. The van der Waals surface area contributed by atoms with Crippen molar-refractivity contribution in [1.82, 2.24) is 5.32 Å². The van der Waals surface area contributed by atoms with Crippen molar-refractivity contribution >= 4 is 17.7 Å². The zero-order valence-electron chi connectivity index (χ0n) is 9.84. The first-order chi connectivity index (χ1) is 7.68. The van der Waals surface area contributed by atoms with E-state index in [9.17, 15) is 4.79 Å². The quantitative estimate of drug-likeness (QED) is 0.786. The van der Waals surface area contributed by atoms with Crippen LogP contribution >= 0.6 is 11.8 Å². The fourth-order valence-electron chi connectivity index (χ4n) is 2.37. The summed E-state index contributed by atoms with van der Waals surface area (Å²) in [7, 11) is 0. The van der Waals surface area contributed by atoms with Crippen LogP contribution in [0.1, 0.15) is 38.5 Å². The SMILES string of the molecule is NC1(CNC(=O)CC2CCSCC2)CCC1. The molecule has 0 aromatic rings. The van der Waals surface area contributed by atoms with Gasteiger partial charge in [0.15, 0.2) is 0 Å². The van der Waals surface area contributed by atoms with Crippen LogP contribution in [0.3, 0.4) is 0 Å². The first-order valence-corrected chi connectivity index (χ1v) is 7.47. The Kier molecular flexibility index (Phi) is 4.14. The average molecular weight is 242 g/mol. The number of hydrogen-bond acceptors (Lipinski definition) is 3. The maximum atomic E-state index is 11.7. The highest BCUT2D eigenvalue weighted by Gasteiger charge is 2.32. The van der Waals surface area contributed by atoms with Gasteiger partial charge in [-0.1, -0.05) is 0 Å². The average Bonchev–Trinajstić information content (AvgIpc) is 2.25. The van der Waals surface area contributed by atoms with Crippen molar-refractivity contribution in [3.05, 3.63) is 0 Å². The molecule has 2 fully saturated rings. The molecule has 0 bridgehead atoms. The number of amides is 1. The topological polar surface area (TPSA) is 55.1 Å². The Morgan fingerprint density at radius 1 is 1.38 bits per heavy atom. The largest absolute Gasteiger partial charge is 0.354 e. The predicted octanol–water partition coefficient (Wildman–Crippen LogP) is 1.52. The van der Waals surface area contributed by atoms with Crippen molar-refractivity contribution in [2.45, 2.75) is 44.1 Å². The minimum Gasteiger partial charge on any atom is -0.354 e. The lowest BCUT2D eigenvalue weighted by molar-refractivity contribution is -0.122. The number of carbonyl (C=O) groups is 1. The Bertz CT molecular complexity index is 247. The number of nitrogens with two attached hydrogens (primary N) is 1. The van der Waals surface area contributed by atoms with Crippen LogP contribution in [0.4, 0.5) is 0 Å². The van der Waals surface area contributed by atoms with Gasteiger partial charge in [-0.25, -0.2) is 0 Å². The van der Waals surface area contributed by atoms with E-state index in [2.05, 4.69) is 5.32 Å². The highest BCUT2D eigenvalue weighted by atomic mass is 32.2. The van der Waals surface area contributed by atoms with E-state index in [1.165, 1.54) is 30.8 Å². The fourth-order valence-corrected chi connectivity index (χ4v) is 3.57. The molecule has 92 valence electrons. The highest BCUT2D eigenvalue weighted by molar-refractivity contribution is 7.99. The molecule has 0 atom stereocenters. The Morgan fingerprint density at radius 3 is 2.62 bits per heavy atom. The van der Waals surface area contributed by atoms with E-state index in [-0.39, 0.29) is 11.4 Å². The third-order valence-corrected chi connectivity index (χ3v) is 4.85. The van der Waals surface area contributed by atoms with Crippen LogP contribution in [0.5, 0.6) is 0 Å². The Morgan fingerprint density at radius 2 is 2.06 bits per heavy atom. The van der Waals surface area contributed by atoms with Crippen LogP contribution in [0.25, 0.3) is 0 Å². The second kappa shape index (κ2) is 5.41. The molecule has 3 nitrogen and oxygen atoms in total. The molecule has 1 heterocycles. The van der Waals surface area contributed by atoms with Gasteiger partial charge in [-0.05, 0) is 49.5 Å². The second-order valence-corrected chi connectivity index (χ2v) is 6.48. The number of carbonyl (C=O) groups excluding carboxylic acids is 1. The molecule has 3 N–H and O–H groups in total. The zero-order chi connectivity index (χ0) is 11.4. The summed E-state index contributed by atoms with van der Waals surface area (Å²) in [6.07, 6.45) is 6.45. The van der Waals surface area contributed by atoms with Gasteiger partial charge in [0.25, 0.3) is 0 Å². The van der Waals surface area contributed by atoms with Crippen LogP contribution in [0.2, 0.25) is 0 Å². The monoisotopic (exact) mass is 242 g/mol.